The van der Waals surface area contributed by atoms with E-state index in [1.165, 1.54) is 11.3 Å². The first-order valence-corrected chi connectivity index (χ1v) is 20.3. The first-order chi connectivity index (χ1) is 26.0. The van der Waals surface area contributed by atoms with E-state index in [1.54, 1.807) is 0 Å². The minimum atomic E-state index is -0.475. The third-order valence-corrected chi connectivity index (χ3v) is 9.12. The second kappa shape index (κ2) is 29.8. The Morgan fingerprint density at radius 1 is 0.736 bits per heavy atom. The summed E-state index contributed by atoms with van der Waals surface area (Å²) < 4.78 is 46.6. The van der Waals surface area contributed by atoms with Gasteiger partial charge in [-0.1, -0.05) is 12.2 Å². The first kappa shape index (κ1) is 45.9. The molecule has 1 heterocycles. The lowest BCUT2D eigenvalue weighted by Crippen LogP contribution is -2.32. The number of carbonyl (C=O) groups is 1. The van der Waals surface area contributed by atoms with Crippen molar-refractivity contribution in [1.29, 1.82) is 0 Å². The van der Waals surface area contributed by atoms with Crippen LogP contribution in [0.3, 0.4) is 0 Å². The van der Waals surface area contributed by atoms with E-state index in [9.17, 15) is 15.0 Å². The van der Waals surface area contributed by atoms with Crippen molar-refractivity contribution in [2.45, 2.75) is 38.2 Å². The molecule has 53 heavy (non-hydrogen) atoms. The molecular weight excluding hydrogens is 820 g/mol. The van der Waals surface area contributed by atoms with Gasteiger partial charge in [-0.25, -0.2) is 0 Å². The lowest BCUT2D eigenvalue weighted by Gasteiger charge is -2.29. The van der Waals surface area contributed by atoms with Gasteiger partial charge in [0.1, 0.15) is 0 Å². The predicted molar refractivity (Wildman–Crippen MR) is 209 cm³/mol. The van der Waals surface area contributed by atoms with Gasteiger partial charge in [0, 0.05) is 44.0 Å². The topological polar surface area (TPSA) is 138 Å². The number of Topliss-reactive ketones (excluding diaryl/α,β-unsaturated/α-hetero) is 1. The number of nitrogens with zero attached hydrogens (tertiary/aromatic N) is 2. The maximum absolute atomic E-state index is 13.3. The van der Waals surface area contributed by atoms with Crippen LogP contribution in [0.2, 0.25) is 0 Å². The smallest absolute Gasteiger partial charge is 0.161 e. The van der Waals surface area contributed by atoms with Crippen molar-refractivity contribution in [1.82, 2.24) is 9.80 Å². The molecule has 1 unspecified atom stereocenters. The van der Waals surface area contributed by atoms with Crippen LogP contribution < -0.4 is 0 Å². The fourth-order valence-electron chi connectivity index (χ4n) is 5.87. The Bertz CT molecular complexity index is 1160. The summed E-state index contributed by atoms with van der Waals surface area (Å²) in [5.74, 6) is 0.0127. The Balaban J connectivity index is 1.42. The molecule has 3 rings (SSSR count). The van der Waals surface area contributed by atoms with Crippen molar-refractivity contribution in [2.24, 2.45) is 0 Å². The largest absolute Gasteiger partial charge is 0.395 e. The Morgan fingerprint density at radius 2 is 1.38 bits per heavy atom. The van der Waals surface area contributed by atoms with Crippen LogP contribution >= 0.6 is 31.9 Å². The summed E-state index contributed by atoms with van der Waals surface area (Å²) in [5.41, 5.74) is 4.30. The van der Waals surface area contributed by atoms with Gasteiger partial charge in [0.2, 0.25) is 0 Å². The van der Waals surface area contributed by atoms with Crippen molar-refractivity contribution in [3.63, 3.8) is 0 Å². The zero-order chi connectivity index (χ0) is 37.8. The molecule has 0 aromatic rings. The molecule has 1 saturated heterocycles. The van der Waals surface area contributed by atoms with Crippen LogP contribution in [0.15, 0.2) is 56.3 Å². The lowest BCUT2D eigenvalue weighted by atomic mass is 9.95. The molecule has 3 aliphatic rings. The molecule has 0 aromatic carbocycles. The maximum atomic E-state index is 13.3. The molecular formula is C38H60Br2N2O11. The fraction of sp³-hybridized carbons (Fsp3) is 0.711. The van der Waals surface area contributed by atoms with Crippen molar-refractivity contribution < 1.29 is 52.9 Å². The van der Waals surface area contributed by atoms with E-state index in [0.717, 1.165) is 33.9 Å². The zero-order valence-electron chi connectivity index (χ0n) is 31.1. The summed E-state index contributed by atoms with van der Waals surface area (Å²) >= 11 is 6.82. The molecule has 0 bridgehead atoms. The summed E-state index contributed by atoms with van der Waals surface area (Å²) in [4.78, 5) is 17.7. The van der Waals surface area contributed by atoms with E-state index in [0.29, 0.717) is 118 Å². The van der Waals surface area contributed by atoms with Crippen LogP contribution in [0, 0.1) is 0 Å². The van der Waals surface area contributed by atoms with Crippen LogP contribution in [0.4, 0.5) is 0 Å². The third-order valence-electron chi connectivity index (χ3n) is 8.66. The number of hydrogen-bond donors (Lipinski definition) is 2. The monoisotopic (exact) mass is 878 g/mol. The number of allylic oxidation sites excluding steroid dienone is 9. The number of hydrogen-bond acceptors (Lipinski definition) is 13. The predicted octanol–water partition coefficient (Wildman–Crippen LogP) is 3.89. The van der Waals surface area contributed by atoms with Crippen molar-refractivity contribution in [3.05, 3.63) is 56.3 Å². The number of aliphatic hydroxyl groups is 2. The number of ketones is 1. The zero-order valence-corrected chi connectivity index (χ0v) is 34.2. The Morgan fingerprint density at radius 3 is 1.92 bits per heavy atom. The second-order valence-corrected chi connectivity index (χ2v) is 15.2. The average molecular weight is 881 g/mol. The molecule has 0 saturated carbocycles. The van der Waals surface area contributed by atoms with Gasteiger partial charge in [0.15, 0.2) is 5.78 Å². The molecule has 302 valence electrons. The molecule has 2 aliphatic carbocycles. The minimum absolute atomic E-state index is 0.0127. The van der Waals surface area contributed by atoms with Gasteiger partial charge in [-0.15, -0.1) is 0 Å². The van der Waals surface area contributed by atoms with Crippen molar-refractivity contribution in [3.8, 4) is 0 Å². The highest BCUT2D eigenvalue weighted by Crippen LogP contribution is 2.26. The summed E-state index contributed by atoms with van der Waals surface area (Å²) in [5, 5.41) is 18.9. The minimum Gasteiger partial charge on any atom is -0.395 e. The Hall–Kier alpha value is -1.47. The average Bonchev–Trinajstić information content (AvgIpc) is 3.16. The fourth-order valence-corrected chi connectivity index (χ4v) is 6.46. The van der Waals surface area contributed by atoms with Crippen LogP contribution in [-0.2, 0) is 42.7 Å². The highest BCUT2D eigenvalue weighted by Gasteiger charge is 2.21. The summed E-state index contributed by atoms with van der Waals surface area (Å²) in [6.45, 7) is 9.40. The molecule has 2 N–H and O–H groups in total. The van der Waals surface area contributed by atoms with E-state index in [-0.39, 0.29) is 38.6 Å². The third kappa shape index (κ3) is 20.9. The molecule has 13 nitrogen and oxygen atoms in total. The van der Waals surface area contributed by atoms with Gasteiger partial charge >= 0.3 is 0 Å². The Labute approximate surface area is 332 Å². The summed E-state index contributed by atoms with van der Waals surface area (Å²) in [7, 11) is 0. The van der Waals surface area contributed by atoms with E-state index in [2.05, 4.69) is 53.8 Å². The van der Waals surface area contributed by atoms with Crippen LogP contribution in [0.1, 0.15) is 32.1 Å². The number of rotatable bonds is 19. The molecule has 0 spiro atoms. The van der Waals surface area contributed by atoms with Crippen LogP contribution in [-0.4, -0.2) is 170 Å². The quantitative estimate of drug-likeness (QED) is 0.182. The van der Waals surface area contributed by atoms with Gasteiger partial charge in [-0.3, -0.25) is 4.79 Å². The normalized spacial score (nSPS) is 19.5. The highest BCUT2D eigenvalue weighted by atomic mass is 79.9. The standard InChI is InChI=1S/C38H60Br2N2O11/c39-38(40)29-32-1-5-34(6-2-32)41(9-13-43)10-15-48-27-28-52-31-36(53-18-14-44)30-37(45)33-3-7-35(8-4-33)42-11-16-46-19-21-49-23-25-51-26-24-50-22-20-47-17-12-42/h1,3,5,7,29,36,43-44H,2,4,6,8-28,30-31H2. The molecule has 0 radical (unpaired) electrons. The molecule has 1 fully saturated rings. The van der Waals surface area contributed by atoms with Gasteiger partial charge in [0.05, 0.1) is 122 Å². The Kier molecular flexibility index (Phi) is 25.8. The van der Waals surface area contributed by atoms with Crippen molar-refractivity contribution >= 4 is 37.6 Å². The highest BCUT2D eigenvalue weighted by molar-refractivity contribution is 9.28. The van der Waals surface area contributed by atoms with Gasteiger partial charge in [-0.05, 0) is 86.9 Å². The molecule has 1 atom stereocenters. The summed E-state index contributed by atoms with van der Waals surface area (Å²) in [6.07, 6.45) is 13.1. The number of halogens is 2. The molecule has 15 heteroatoms. The first-order valence-electron chi connectivity index (χ1n) is 18.7. The van der Waals surface area contributed by atoms with Gasteiger partial charge in [0.25, 0.3) is 0 Å². The van der Waals surface area contributed by atoms with Gasteiger partial charge in [-0.2, -0.15) is 0 Å². The van der Waals surface area contributed by atoms with Crippen molar-refractivity contribution in [2.75, 3.05) is 138 Å². The van der Waals surface area contributed by atoms with Crippen LogP contribution in [0.5, 0.6) is 0 Å². The summed E-state index contributed by atoms with van der Waals surface area (Å²) in [6, 6.07) is 0. The molecule has 1 aliphatic heterocycles. The SMILES string of the molecule is O=C(CC(COCCOCCN(CCO)C1=CC=C(C=C(Br)Br)CC1)OCCO)C1=CC=C(N2CCOCCOCCOCCOCCOCC2)CC1. The van der Waals surface area contributed by atoms with Crippen LogP contribution in [0.25, 0.3) is 0 Å². The number of carbonyl (C=O) groups excluding carboxylic acids is 1. The number of ether oxygens (including phenoxy) is 8. The van der Waals surface area contributed by atoms with E-state index in [4.69, 9.17) is 37.9 Å². The second-order valence-electron chi connectivity index (χ2n) is 12.5. The molecule has 0 aromatic heterocycles. The number of aliphatic hydroxyl groups excluding tert-OH is 2. The lowest BCUT2D eigenvalue weighted by molar-refractivity contribution is -0.120. The van der Waals surface area contributed by atoms with Gasteiger partial charge < -0.3 is 57.9 Å². The van der Waals surface area contributed by atoms with E-state index < -0.39 is 6.10 Å². The van der Waals surface area contributed by atoms with E-state index >= 15 is 0 Å². The molecule has 0 amide bonds. The maximum Gasteiger partial charge on any atom is 0.161 e. The van der Waals surface area contributed by atoms with E-state index in [1.807, 2.05) is 18.2 Å².